The Morgan fingerprint density at radius 2 is 1.96 bits per heavy atom. The van der Waals surface area contributed by atoms with Crippen LogP contribution in [-0.2, 0) is 6.54 Å². The van der Waals surface area contributed by atoms with Crippen LogP contribution in [-0.4, -0.2) is 20.7 Å². The molecule has 0 bridgehead atoms. The van der Waals surface area contributed by atoms with Crippen molar-refractivity contribution in [1.29, 1.82) is 0 Å². The Morgan fingerprint density at radius 3 is 2.67 bits per heavy atom. The summed E-state index contributed by atoms with van der Waals surface area (Å²) < 4.78 is 15.0. The van der Waals surface area contributed by atoms with Gasteiger partial charge in [-0.3, -0.25) is 9.78 Å². The molecule has 3 rings (SSSR count). The van der Waals surface area contributed by atoms with Crippen LogP contribution < -0.4 is 5.32 Å². The van der Waals surface area contributed by atoms with Gasteiger partial charge in [0, 0.05) is 18.9 Å². The maximum absolute atomic E-state index is 13.4. The average Bonchev–Trinajstić information content (AvgIpc) is 2.88. The first kappa shape index (κ1) is 15.9. The molecular formula is C18H17FN4O. The number of carbonyl (C=O) groups is 1. The minimum Gasteiger partial charge on any atom is -0.348 e. The van der Waals surface area contributed by atoms with E-state index in [0.29, 0.717) is 29.2 Å². The molecule has 6 heteroatoms. The first-order chi connectivity index (χ1) is 11.6. The average molecular weight is 324 g/mol. The Morgan fingerprint density at radius 1 is 1.21 bits per heavy atom. The van der Waals surface area contributed by atoms with Crippen LogP contribution in [0.2, 0.25) is 0 Å². The number of carbonyl (C=O) groups excluding carboxylic acids is 1. The monoisotopic (exact) mass is 324 g/mol. The van der Waals surface area contributed by atoms with Gasteiger partial charge < -0.3 is 5.32 Å². The minimum atomic E-state index is -0.344. The van der Waals surface area contributed by atoms with Crippen LogP contribution in [0.15, 0.2) is 48.8 Å². The summed E-state index contributed by atoms with van der Waals surface area (Å²) in [4.78, 5) is 16.5. The first-order valence-electron chi connectivity index (χ1n) is 7.55. The minimum absolute atomic E-state index is 0.204. The molecule has 24 heavy (non-hydrogen) atoms. The predicted molar refractivity (Wildman–Crippen MR) is 88.4 cm³/mol. The number of aryl methyl sites for hydroxylation is 1. The molecule has 1 amide bonds. The van der Waals surface area contributed by atoms with Crippen LogP contribution in [0.4, 0.5) is 4.39 Å². The standard InChI is InChI=1S/C18H17FN4O/c1-12-17(18(24)21-11-14-6-8-20-9-7-14)13(2)23(22-12)16-5-3-4-15(19)10-16/h3-10H,11H2,1-2H3,(H,21,24). The second-order valence-electron chi connectivity index (χ2n) is 5.48. The molecule has 0 saturated heterocycles. The Kier molecular flexibility index (Phi) is 4.37. The van der Waals surface area contributed by atoms with Crippen molar-refractivity contribution >= 4 is 5.91 Å². The highest BCUT2D eigenvalue weighted by Gasteiger charge is 2.19. The fourth-order valence-electron chi connectivity index (χ4n) is 2.60. The SMILES string of the molecule is Cc1nn(-c2cccc(F)c2)c(C)c1C(=O)NCc1ccncc1. The summed E-state index contributed by atoms with van der Waals surface area (Å²) in [5, 5.41) is 7.26. The maximum Gasteiger partial charge on any atom is 0.255 e. The van der Waals surface area contributed by atoms with Gasteiger partial charge in [-0.25, -0.2) is 9.07 Å². The van der Waals surface area contributed by atoms with Gasteiger partial charge in [-0.2, -0.15) is 5.10 Å². The van der Waals surface area contributed by atoms with Crippen molar-refractivity contribution < 1.29 is 9.18 Å². The number of amides is 1. The van der Waals surface area contributed by atoms with Crippen LogP contribution in [0.3, 0.4) is 0 Å². The molecule has 0 unspecified atom stereocenters. The van der Waals surface area contributed by atoms with E-state index in [0.717, 1.165) is 5.56 Å². The van der Waals surface area contributed by atoms with E-state index in [9.17, 15) is 9.18 Å². The number of nitrogens with one attached hydrogen (secondary N) is 1. The van der Waals surface area contributed by atoms with Gasteiger partial charge in [0.2, 0.25) is 0 Å². The molecule has 3 aromatic rings. The Labute approximate surface area is 139 Å². The molecule has 2 aromatic heterocycles. The Bertz CT molecular complexity index is 874. The smallest absolute Gasteiger partial charge is 0.255 e. The van der Waals surface area contributed by atoms with Crippen molar-refractivity contribution in [3.63, 3.8) is 0 Å². The summed E-state index contributed by atoms with van der Waals surface area (Å²) >= 11 is 0. The van der Waals surface area contributed by atoms with Crippen LogP contribution in [0.5, 0.6) is 0 Å². The van der Waals surface area contributed by atoms with E-state index in [4.69, 9.17) is 0 Å². The molecule has 0 aliphatic heterocycles. The largest absolute Gasteiger partial charge is 0.348 e. The van der Waals surface area contributed by atoms with Crippen molar-refractivity contribution in [2.45, 2.75) is 20.4 Å². The number of hydrogen-bond acceptors (Lipinski definition) is 3. The van der Waals surface area contributed by atoms with Crippen LogP contribution in [0.25, 0.3) is 5.69 Å². The zero-order valence-electron chi connectivity index (χ0n) is 13.5. The Balaban J connectivity index is 1.85. The van der Waals surface area contributed by atoms with E-state index < -0.39 is 0 Å². The third-order valence-corrected chi connectivity index (χ3v) is 3.77. The topological polar surface area (TPSA) is 59.8 Å². The fraction of sp³-hybridized carbons (Fsp3) is 0.167. The summed E-state index contributed by atoms with van der Waals surface area (Å²) in [7, 11) is 0. The number of pyridine rings is 1. The summed E-state index contributed by atoms with van der Waals surface area (Å²) in [6.45, 7) is 3.97. The van der Waals surface area contributed by atoms with Crippen molar-refractivity contribution in [1.82, 2.24) is 20.1 Å². The normalized spacial score (nSPS) is 10.6. The van der Waals surface area contributed by atoms with Crippen molar-refractivity contribution in [3.05, 3.63) is 77.1 Å². The summed E-state index contributed by atoms with van der Waals surface area (Å²) in [5.41, 5.74) is 3.33. The quantitative estimate of drug-likeness (QED) is 0.803. The number of nitrogens with zero attached hydrogens (tertiary/aromatic N) is 3. The van der Waals surface area contributed by atoms with Gasteiger partial charge in [0.15, 0.2) is 0 Å². The maximum atomic E-state index is 13.4. The number of rotatable bonds is 4. The third-order valence-electron chi connectivity index (χ3n) is 3.77. The van der Waals surface area contributed by atoms with E-state index in [-0.39, 0.29) is 11.7 Å². The van der Waals surface area contributed by atoms with Crippen LogP contribution in [0, 0.1) is 19.7 Å². The number of aromatic nitrogens is 3. The molecule has 0 radical (unpaired) electrons. The van der Waals surface area contributed by atoms with E-state index >= 15 is 0 Å². The summed E-state index contributed by atoms with van der Waals surface area (Å²) in [6, 6.07) is 9.81. The van der Waals surface area contributed by atoms with Crippen molar-refractivity contribution in [3.8, 4) is 5.69 Å². The molecule has 1 N–H and O–H groups in total. The highest BCUT2D eigenvalue weighted by atomic mass is 19.1. The zero-order chi connectivity index (χ0) is 17.1. The number of halogens is 1. The van der Waals surface area contributed by atoms with Gasteiger partial charge in [0.05, 0.1) is 22.6 Å². The van der Waals surface area contributed by atoms with Gasteiger partial charge in [-0.15, -0.1) is 0 Å². The molecule has 2 heterocycles. The van der Waals surface area contributed by atoms with Gasteiger partial charge in [0.1, 0.15) is 5.82 Å². The van der Waals surface area contributed by atoms with E-state index in [2.05, 4.69) is 15.4 Å². The zero-order valence-corrected chi connectivity index (χ0v) is 13.5. The lowest BCUT2D eigenvalue weighted by molar-refractivity contribution is 0.0949. The first-order valence-corrected chi connectivity index (χ1v) is 7.55. The number of hydrogen-bond donors (Lipinski definition) is 1. The molecule has 0 aliphatic carbocycles. The summed E-state index contributed by atoms with van der Waals surface area (Å²) in [6.07, 6.45) is 3.36. The molecule has 0 saturated carbocycles. The van der Waals surface area contributed by atoms with E-state index in [1.807, 2.05) is 12.1 Å². The predicted octanol–water partition coefficient (Wildman–Crippen LogP) is 2.95. The van der Waals surface area contributed by atoms with Gasteiger partial charge in [-0.1, -0.05) is 6.07 Å². The highest BCUT2D eigenvalue weighted by Crippen LogP contribution is 2.18. The lowest BCUT2D eigenvalue weighted by atomic mass is 10.1. The third kappa shape index (κ3) is 3.17. The molecule has 0 spiro atoms. The van der Waals surface area contributed by atoms with Gasteiger partial charge >= 0.3 is 0 Å². The van der Waals surface area contributed by atoms with Crippen molar-refractivity contribution in [2.75, 3.05) is 0 Å². The highest BCUT2D eigenvalue weighted by molar-refractivity contribution is 5.96. The molecule has 0 aliphatic rings. The second kappa shape index (κ2) is 6.62. The van der Waals surface area contributed by atoms with E-state index in [1.54, 1.807) is 43.1 Å². The fourth-order valence-corrected chi connectivity index (χ4v) is 2.60. The molecule has 5 nitrogen and oxygen atoms in total. The summed E-state index contributed by atoms with van der Waals surface area (Å²) in [5.74, 6) is -0.548. The lowest BCUT2D eigenvalue weighted by Crippen LogP contribution is -2.24. The Hall–Kier alpha value is -3.02. The molecule has 0 fully saturated rings. The molecule has 1 aromatic carbocycles. The van der Waals surface area contributed by atoms with Crippen molar-refractivity contribution in [2.24, 2.45) is 0 Å². The lowest BCUT2D eigenvalue weighted by Gasteiger charge is -2.07. The molecule has 0 atom stereocenters. The molecule has 122 valence electrons. The van der Waals surface area contributed by atoms with Crippen LogP contribution >= 0.6 is 0 Å². The molecular weight excluding hydrogens is 307 g/mol. The van der Waals surface area contributed by atoms with Gasteiger partial charge in [0.25, 0.3) is 5.91 Å². The van der Waals surface area contributed by atoms with E-state index in [1.165, 1.54) is 12.1 Å². The van der Waals surface area contributed by atoms with Crippen LogP contribution in [0.1, 0.15) is 27.3 Å². The van der Waals surface area contributed by atoms with Gasteiger partial charge in [-0.05, 0) is 49.7 Å². The number of benzene rings is 1. The second-order valence-corrected chi connectivity index (χ2v) is 5.48.